The van der Waals surface area contributed by atoms with Crippen LogP contribution in [0.15, 0.2) is 48.5 Å². The number of esters is 1. The Bertz CT molecular complexity index is 835. The summed E-state index contributed by atoms with van der Waals surface area (Å²) >= 11 is 5.97. The molecule has 6 nitrogen and oxygen atoms in total. The first kappa shape index (κ1) is 21.3. The lowest BCUT2D eigenvalue weighted by atomic mass is 10.1. The maximum Gasteiger partial charge on any atom is 0.338 e. The zero-order chi connectivity index (χ0) is 20.6. The van der Waals surface area contributed by atoms with Gasteiger partial charge in [-0.3, -0.25) is 4.79 Å². The number of nitrogens with one attached hydrogen (secondary N) is 2. The number of hydrogen-bond donors (Lipinski definition) is 2. The van der Waals surface area contributed by atoms with Crippen molar-refractivity contribution in [2.24, 2.45) is 0 Å². The van der Waals surface area contributed by atoms with Crippen LogP contribution in [0.5, 0.6) is 0 Å². The Balaban J connectivity index is 1.45. The largest absolute Gasteiger partial charge is 0.452 e. The zero-order valence-corrected chi connectivity index (χ0v) is 17.2. The van der Waals surface area contributed by atoms with Crippen LogP contribution in [0, 0.1) is 0 Å². The Labute approximate surface area is 175 Å². The molecule has 1 aliphatic rings. The van der Waals surface area contributed by atoms with Crippen molar-refractivity contribution in [1.29, 1.82) is 0 Å². The van der Waals surface area contributed by atoms with E-state index in [1.54, 1.807) is 24.3 Å². The summed E-state index contributed by atoms with van der Waals surface area (Å²) in [5.41, 5.74) is 2.48. The molecule has 1 heterocycles. The van der Waals surface area contributed by atoms with Crippen molar-refractivity contribution in [2.45, 2.75) is 19.5 Å². The number of halogens is 1. The van der Waals surface area contributed by atoms with Crippen LogP contribution in [-0.2, 0) is 20.8 Å². The number of hydrogen-bond acceptors (Lipinski definition) is 4. The van der Waals surface area contributed by atoms with E-state index in [2.05, 4.69) is 5.32 Å². The van der Waals surface area contributed by atoms with E-state index >= 15 is 0 Å². The zero-order valence-electron chi connectivity index (χ0n) is 16.4. The molecule has 3 rings (SSSR count). The maximum absolute atomic E-state index is 12.2. The van der Waals surface area contributed by atoms with Crippen LogP contribution in [0.2, 0.25) is 5.02 Å². The number of carbonyl (C=O) groups excluding carboxylic acids is 2. The lowest BCUT2D eigenvalue weighted by molar-refractivity contribution is -0.921. The third-order valence-corrected chi connectivity index (χ3v) is 5.14. The highest BCUT2D eigenvalue weighted by Crippen LogP contribution is 2.17. The number of morpholine rings is 1. The number of amides is 1. The third-order valence-electron chi connectivity index (χ3n) is 4.90. The Kier molecular flexibility index (Phi) is 7.63. The maximum atomic E-state index is 12.2. The molecule has 0 saturated carbocycles. The van der Waals surface area contributed by atoms with Crippen molar-refractivity contribution in [3.8, 4) is 0 Å². The molecule has 2 aromatic rings. The van der Waals surface area contributed by atoms with Gasteiger partial charge in [-0.1, -0.05) is 35.9 Å². The lowest BCUT2D eigenvalue weighted by Gasteiger charge is -2.23. The summed E-state index contributed by atoms with van der Waals surface area (Å²) in [5.74, 6) is -0.876. The van der Waals surface area contributed by atoms with Gasteiger partial charge in [0, 0.05) is 10.6 Å². The molecule has 1 fully saturated rings. The van der Waals surface area contributed by atoms with Gasteiger partial charge in [0.05, 0.1) is 24.8 Å². The normalized spacial score (nSPS) is 15.5. The highest BCUT2D eigenvalue weighted by atomic mass is 35.5. The number of benzene rings is 2. The minimum absolute atomic E-state index is 0.234. The Morgan fingerprint density at radius 2 is 1.90 bits per heavy atom. The molecular formula is C22H26ClN2O4+. The first-order valence-electron chi connectivity index (χ1n) is 9.73. The van der Waals surface area contributed by atoms with E-state index < -0.39 is 5.97 Å². The minimum atomic E-state index is -0.513. The van der Waals surface area contributed by atoms with E-state index in [1.165, 1.54) is 4.90 Å². The molecule has 0 radical (unpaired) electrons. The topological polar surface area (TPSA) is 69.1 Å². The van der Waals surface area contributed by atoms with Crippen LogP contribution in [0.25, 0.3) is 0 Å². The molecule has 2 aromatic carbocycles. The fourth-order valence-electron chi connectivity index (χ4n) is 3.24. The molecule has 0 aliphatic carbocycles. The van der Waals surface area contributed by atoms with Gasteiger partial charge in [0.2, 0.25) is 0 Å². The number of rotatable bonds is 7. The lowest BCUT2D eigenvalue weighted by Crippen LogP contribution is -3.12. The quantitative estimate of drug-likeness (QED) is 0.674. The second-order valence-corrected chi connectivity index (χ2v) is 7.59. The van der Waals surface area contributed by atoms with Gasteiger partial charge in [-0.25, -0.2) is 4.79 Å². The number of ether oxygens (including phenoxy) is 2. The predicted molar refractivity (Wildman–Crippen MR) is 110 cm³/mol. The smallest absolute Gasteiger partial charge is 0.338 e. The van der Waals surface area contributed by atoms with E-state index in [1.807, 2.05) is 31.2 Å². The van der Waals surface area contributed by atoms with Crippen molar-refractivity contribution in [3.05, 3.63) is 70.2 Å². The average Bonchev–Trinajstić information content (AvgIpc) is 2.73. The summed E-state index contributed by atoms with van der Waals surface area (Å²) in [4.78, 5) is 25.8. The van der Waals surface area contributed by atoms with E-state index in [0.29, 0.717) is 10.6 Å². The molecule has 2 N–H and O–H groups in total. The summed E-state index contributed by atoms with van der Waals surface area (Å²) in [6.45, 7) is 5.99. The molecule has 0 bridgehead atoms. The van der Waals surface area contributed by atoms with Crippen LogP contribution >= 0.6 is 11.6 Å². The summed E-state index contributed by atoms with van der Waals surface area (Å²) in [6, 6.07) is 14.4. The first-order chi connectivity index (χ1) is 14.0. The first-order valence-corrected chi connectivity index (χ1v) is 10.1. The van der Waals surface area contributed by atoms with Gasteiger partial charge in [-0.05, 0) is 36.8 Å². The van der Waals surface area contributed by atoms with Gasteiger partial charge in [0.25, 0.3) is 5.91 Å². The third kappa shape index (κ3) is 6.56. The molecular weight excluding hydrogens is 392 g/mol. The van der Waals surface area contributed by atoms with Crippen molar-refractivity contribution in [3.63, 3.8) is 0 Å². The number of quaternary nitrogens is 1. The summed E-state index contributed by atoms with van der Waals surface area (Å²) in [5, 5.41) is 3.40. The van der Waals surface area contributed by atoms with E-state index in [4.69, 9.17) is 21.1 Å². The van der Waals surface area contributed by atoms with Crippen LogP contribution in [-0.4, -0.2) is 44.8 Å². The number of carbonyl (C=O) groups is 2. The molecule has 0 aromatic heterocycles. The summed E-state index contributed by atoms with van der Waals surface area (Å²) < 4.78 is 10.5. The standard InChI is InChI=1S/C22H25ClN2O4/c1-16(19-3-2-4-20(23)13-19)24-21(26)15-29-22(27)18-7-5-17(6-8-18)14-25-9-11-28-12-10-25/h2-8,13,16H,9-12,14-15H2,1H3,(H,24,26)/p+1/t16-/m1/s1. The Hall–Kier alpha value is -2.41. The molecule has 1 atom stereocenters. The van der Waals surface area contributed by atoms with E-state index in [0.717, 1.165) is 44.0 Å². The fraction of sp³-hybridized carbons (Fsp3) is 0.364. The summed E-state index contributed by atoms with van der Waals surface area (Å²) in [6.07, 6.45) is 0. The average molecular weight is 418 g/mol. The van der Waals surface area contributed by atoms with Gasteiger partial charge in [-0.15, -0.1) is 0 Å². The fourth-order valence-corrected chi connectivity index (χ4v) is 3.44. The molecule has 0 spiro atoms. The molecule has 1 saturated heterocycles. The predicted octanol–water partition coefficient (Wildman–Crippen LogP) is 1.79. The molecule has 29 heavy (non-hydrogen) atoms. The van der Waals surface area contributed by atoms with Gasteiger partial charge < -0.3 is 19.7 Å². The van der Waals surface area contributed by atoms with Crippen LogP contribution in [0.4, 0.5) is 0 Å². The SMILES string of the molecule is C[C@@H](NC(=O)COC(=O)c1ccc(C[NH+]2CCOCC2)cc1)c1cccc(Cl)c1. The van der Waals surface area contributed by atoms with Gasteiger partial charge in [0.1, 0.15) is 19.6 Å². The monoisotopic (exact) mass is 417 g/mol. The van der Waals surface area contributed by atoms with Gasteiger partial charge >= 0.3 is 5.97 Å². The van der Waals surface area contributed by atoms with Crippen molar-refractivity contribution in [1.82, 2.24) is 5.32 Å². The Morgan fingerprint density at radius 1 is 1.17 bits per heavy atom. The van der Waals surface area contributed by atoms with Crippen LogP contribution in [0.3, 0.4) is 0 Å². The van der Waals surface area contributed by atoms with E-state index in [-0.39, 0.29) is 18.6 Å². The second kappa shape index (κ2) is 10.4. The second-order valence-electron chi connectivity index (χ2n) is 7.16. The molecule has 0 unspecified atom stereocenters. The molecule has 7 heteroatoms. The molecule has 1 amide bonds. The van der Waals surface area contributed by atoms with Crippen LogP contribution < -0.4 is 10.2 Å². The molecule has 154 valence electrons. The highest BCUT2D eigenvalue weighted by Gasteiger charge is 2.16. The highest BCUT2D eigenvalue weighted by molar-refractivity contribution is 6.30. The minimum Gasteiger partial charge on any atom is -0.452 e. The molecule has 1 aliphatic heterocycles. The van der Waals surface area contributed by atoms with Crippen molar-refractivity contribution >= 4 is 23.5 Å². The van der Waals surface area contributed by atoms with Gasteiger partial charge in [0.15, 0.2) is 6.61 Å². The van der Waals surface area contributed by atoms with Crippen LogP contribution in [0.1, 0.15) is 34.5 Å². The summed E-state index contributed by atoms with van der Waals surface area (Å²) in [7, 11) is 0. The Morgan fingerprint density at radius 3 is 2.59 bits per heavy atom. The van der Waals surface area contributed by atoms with E-state index in [9.17, 15) is 9.59 Å². The van der Waals surface area contributed by atoms with Crippen molar-refractivity contribution < 1.29 is 24.0 Å². The van der Waals surface area contributed by atoms with Gasteiger partial charge in [-0.2, -0.15) is 0 Å². The van der Waals surface area contributed by atoms with Crippen molar-refractivity contribution in [2.75, 3.05) is 32.9 Å².